The van der Waals surface area contributed by atoms with Crippen molar-refractivity contribution in [2.45, 2.75) is 108 Å². The van der Waals surface area contributed by atoms with Gasteiger partial charge >= 0.3 is 17.1 Å². The zero-order chi connectivity index (χ0) is 20.2. The molecule has 0 aromatic heterocycles. The molecule has 5 heteroatoms. The number of ketones is 1. The molecule has 0 radical (unpaired) electrons. The van der Waals surface area contributed by atoms with E-state index in [1.165, 1.54) is 51.4 Å². The number of rotatable bonds is 6. The molecule has 3 aliphatic carbocycles. The minimum absolute atomic E-state index is 0. The Labute approximate surface area is 194 Å². The predicted octanol–water partition coefficient (Wildman–Crippen LogP) is 5.37. The zero-order valence-electron chi connectivity index (χ0n) is 18.8. The first kappa shape index (κ1) is 24.5. The van der Waals surface area contributed by atoms with Crippen molar-refractivity contribution in [3.05, 3.63) is 17.5 Å². The monoisotopic (exact) mass is 464 g/mol. The van der Waals surface area contributed by atoms with Gasteiger partial charge in [-0.3, -0.25) is 4.79 Å². The second kappa shape index (κ2) is 11.6. The number of ether oxygens (including phenoxy) is 1. The molecular weight excluding hydrogens is 424 g/mol. The van der Waals surface area contributed by atoms with E-state index in [1.807, 2.05) is 13.1 Å². The third kappa shape index (κ3) is 5.78. The van der Waals surface area contributed by atoms with Gasteiger partial charge in [-0.05, 0) is 69.9 Å². The Kier molecular flexibility index (Phi) is 9.46. The van der Waals surface area contributed by atoms with Crippen LogP contribution in [0, 0.1) is 23.7 Å². The van der Waals surface area contributed by atoms with E-state index < -0.39 is 0 Å². The SMILES string of the molecule is CNC1[N-]C(C)C2CCCC(OC3CCC(C(=O)C=CC4CCCCC4)CC3)C12.[Cu+]. The molecule has 3 saturated carbocycles. The molecule has 4 rings (SSSR count). The van der Waals surface area contributed by atoms with Crippen LogP contribution < -0.4 is 5.32 Å². The molecule has 1 N–H and O–H groups in total. The van der Waals surface area contributed by atoms with E-state index in [2.05, 4.69) is 18.3 Å². The average molecular weight is 465 g/mol. The van der Waals surface area contributed by atoms with Crippen LogP contribution in [0.3, 0.4) is 0 Å². The summed E-state index contributed by atoms with van der Waals surface area (Å²) in [4.78, 5) is 12.7. The maximum absolute atomic E-state index is 12.7. The molecule has 0 spiro atoms. The maximum Gasteiger partial charge on any atom is 1.00 e. The summed E-state index contributed by atoms with van der Waals surface area (Å²) >= 11 is 0. The van der Waals surface area contributed by atoms with Crippen molar-refractivity contribution in [2.75, 3.05) is 7.05 Å². The minimum Gasteiger partial charge on any atom is -0.644 e. The van der Waals surface area contributed by atoms with E-state index >= 15 is 0 Å². The van der Waals surface area contributed by atoms with Gasteiger partial charge in [-0.25, -0.2) is 0 Å². The standard InChI is InChI=1S/C25H41N2O2.Cu/c1-17-21-9-6-10-23(24(21)25(26-2)27-17)29-20-14-12-19(13-15-20)22(28)16-11-18-7-4-3-5-8-18;/h11,16-21,23-26H,3-10,12-15H2,1-2H3;/q-1;+1. The van der Waals surface area contributed by atoms with Crippen LogP contribution in [0.5, 0.6) is 0 Å². The Morgan fingerprint density at radius 1 is 0.967 bits per heavy atom. The van der Waals surface area contributed by atoms with E-state index in [1.54, 1.807) is 0 Å². The Morgan fingerprint density at radius 2 is 1.70 bits per heavy atom. The normalized spacial score (nSPS) is 40.1. The van der Waals surface area contributed by atoms with Crippen molar-refractivity contribution in [3.63, 3.8) is 0 Å². The van der Waals surface area contributed by atoms with Gasteiger partial charge in [0.25, 0.3) is 0 Å². The molecule has 0 bridgehead atoms. The van der Waals surface area contributed by atoms with Gasteiger partial charge in [0.2, 0.25) is 0 Å². The van der Waals surface area contributed by atoms with Crippen molar-refractivity contribution in [1.29, 1.82) is 0 Å². The summed E-state index contributed by atoms with van der Waals surface area (Å²) in [5, 5.41) is 8.37. The van der Waals surface area contributed by atoms with Crippen molar-refractivity contribution in [3.8, 4) is 0 Å². The molecule has 4 aliphatic rings. The minimum atomic E-state index is 0. The molecule has 174 valence electrons. The fourth-order valence-corrected chi connectivity index (χ4v) is 6.53. The van der Waals surface area contributed by atoms with Crippen LogP contribution in [0.1, 0.15) is 84.0 Å². The molecule has 4 nitrogen and oxygen atoms in total. The van der Waals surface area contributed by atoms with Gasteiger partial charge in [0, 0.05) is 5.92 Å². The van der Waals surface area contributed by atoms with Crippen molar-refractivity contribution >= 4 is 5.78 Å². The van der Waals surface area contributed by atoms with Gasteiger partial charge in [-0.15, -0.1) is 6.04 Å². The predicted molar refractivity (Wildman–Crippen MR) is 118 cm³/mol. The summed E-state index contributed by atoms with van der Waals surface area (Å²) in [5.74, 6) is 2.44. The first-order valence-corrected chi connectivity index (χ1v) is 12.4. The maximum atomic E-state index is 12.7. The molecule has 0 aromatic carbocycles. The zero-order valence-corrected chi connectivity index (χ0v) is 19.8. The fourth-order valence-electron chi connectivity index (χ4n) is 6.53. The number of hydrogen-bond donors (Lipinski definition) is 1. The molecule has 1 heterocycles. The third-order valence-corrected chi connectivity index (χ3v) is 8.25. The molecule has 4 fully saturated rings. The van der Waals surface area contributed by atoms with Gasteiger partial charge in [0.1, 0.15) is 0 Å². The molecule has 0 aromatic rings. The molecule has 5 unspecified atom stereocenters. The van der Waals surface area contributed by atoms with Gasteiger partial charge in [0.05, 0.1) is 12.2 Å². The number of nitrogens with one attached hydrogen (secondary N) is 1. The van der Waals surface area contributed by atoms with Crippen LogP contribution in [-0.2, 0) is 26.6 Å². The Balaban J connectivity index is 0.00000256. The van der Waals surface area contributed by atoms with Crippen molar-refractivity contribution in [2.24, 2.45) is 23.7 Å². The second-order valence-corrected chi connectivity index (χ2v) is 10.1. The van der Waals surface area contributed by atoms with Crippen LogP contribution in [-0.4, -0.2) is 37.2 Å². The first-order chi connectivity index (χ1) is 14.2. The summed E-state index contributed by atoms with van der Waals surface area (Å²) in [6.45, 7) is 2.27. The van der Waals surface area contributed by atoms with Crippen LogP contribution in [0.2, 0.25) is 0 Å². The van der Waals surface area contributed by atoms with E-state index in [9.17, 15) is 4.79 Å². The molecule has 30 heavy (non-hydrogen) atoms. The van der Waals surface area contributed by atoms with Gasteiger partial charge < -0.3 is 15.4 Å². The molecule has 0 amide bonds. The van der Waals surface area contributed by atoms with Crippen molar-refractivity contribution < 1.29 is 26.6 Å². The number of carbonyl (C=O) groups is 1. The second-order valence-electron chi connectivity index (χ2n) is 10.1. The smallest absolute Gasteiger partial charge is 0.644 e. The number of fused-ring (bicyclic) bond motifs is 1. The largest absolute Gasteiger partial charge is 1.00 e. The van der Waals surface area contributed by atoms with Gasteiger partial charge in [-0.2, -0.15) is 0 Å². The molecule has 1 saturated heterocycles. The van der Waals surface area contributed by atoms with E-state index in [0.29, 0.717) is 41.8 Å². The van der Waals surface area contributed by atoms with Gasteiger partial charge in [-0.1, -0.05) is 57.2 Å². The molecule has 1 aliphatic heterocycles. The van der Waals surface area contributed by atoms with E-state index in [-0.39, 0.29) is 29.2 Å². The van der Waals surface area contributed by atoms with Crippen LogP contribution >= 0.6 is 0 Å². The van der Waals surface area contributed by atoms with E-state index in [0.717, 1.165) is 25.7 Å². The average Bonchev–Trinajstić information content (AvgIpc) is 3.10. The summed E-state index contributed by atoms with van der Waals surface area (Å²) in [6.07, 6.45) is 19.4. The summed E-state index contributed by atoms with van der Waals surface area (Å²) in [6, 6.07) is 0.452. The molecule has 5 atom stereocenters. The number of carbonyl (C=O) groups excluding carboxylic acids is 1. The van der Waals surface area contributed by atoms with Gasteiger partial charge in [0.15, 0.2) is 5.78 Å². The number of nitrogens with zero attached hydrogens (tertiary/aromatic N) is 1. The quantitative estimate of drug-likeness (QED) is 0.424. The number of hydrogen-bond acceptors (Lipinski definition) is 3. The summed E-state index contributed by atoms with van der Waals surface area (Å²) in [5.41, 5.74) is 0. The summed E-state index contributed by atoms with van der Waals surface area (Å²) in [7, 11) is 2.03. The topological polar surface area (TPSA) is 52.4 Å². The number of allylic oxidation sites excluding steroid dienone is 2. The van der Waals surface area contributed by atoms with Crippen molar-refractivity contribution in [1.82, 2.24) is 5.32 Å². The molecular formula is C25H41CuN2O2. The Hall–Kier alpha value is -0.191. The summed E-state index contributed by atoms with van der Waals surface area (Å²) < 4.78 is 6.68. The fraction of sp³-hybridized carbons (Fsp3) is 0.880. The first-order valence-electron chi connectivity index (χ1n) is 12.4. The van der Waals surface area contributed by atoms with E-state index in [4.69, 9.17) is 10.1 Å². The van der Waals surface area contributed by atoms with Crippen LogP contribution in [0.15, 0.2) is 12.2 Å². The third-order valence-electron chi connectivity index (χ3n) is 8.25. The Bertz CT molecular complexity index is 569. The van der Waals surface area contributed by atoms with Crippen LogP contribution in [0.4, 0.5) is 0 Å². The van der Waals surface area contributed by atoms with Crippen LogP contribution in [0.25, 0.3) is 5.32 Å². The Morgan fingerprint density at radius 3 is 2.40 bits per heavy atom.